The summed E-state index contributed by atoms with van der Waals surface area (Å²) in [6, 6.07) is -0.466. The lowest BCUT2D eigenvalue weighted by atomic mass is 10.1. The van der Waals surface area contributed by atoms with Crippen LogP contribution < -0.4 is 0 Å². The minimum absolute atomic E-state index is 0.233. The molecule has 1 heterocycles. The molecule has 0 aliphatic carbocycles. The van der Waals surface area contributed by atoms with E-state index in [4.69, 9.17) is 9.47 Å². The third-order valence-electron chi connectivity index (χ3n) is 4.76. The number of hydrogen-bond donors (Lipinski definition) is 0. The average Bonchev–Trinajstić information content (AvgIpc) is 2.72. The minimum atomic E-state index is -0.540. The zero-order chi connectivity index (χ0) is 22.5. The maximum absolute atomic E-state index is 12.5. The van der Waals surface area contributed by atoms with Crippen LogP contribution in [-0.4, -0.2) is 71.9 Å². The Labute approximate surface area is 178 Å². The SMILES string of the molecule is CCCCOC(=O)/C=C\C(=O)N1C[C@H](C)N(C(=O)/C=C/C(=O)OCCCC)C[C@@H]1C. The van der Waals surface area contributed by atoms with Gasteiger partial charge in [0.15, 0.2) is 0 Å². The fourth-order valence-electron chi connectivity index (χ4n) is 2.94. The van der Waals surface area contributed by atoms with Gasteiger partial charge in [-0.05, 0) is 26.7 Å². The molecule has 30 heavy (non-hydrogen) atoms. The zero-order valence-corrected chi connectivity index (χ0v) is 18.5. The van der Waals surface area contributed by atoms with Crippen molar-refractivity contribution >= 4 is 23.8 Å². The summed E-state index contributed by atoms with van der Waals surface area (Å²) in [4.78, 5) is 51.4. The number of esters is 2. The molecule has 0 saturated carbocycles. The number of nitrogens with zero attached hydrogens (tertiary/aromatic N) is 2. The highest BCUT2D eigenvalue weighted by molar-refractivity contribution is 5.96. The maximum Gasteiger partial charge on any atom is 0.330 e. The zero-order valence-electron chi connectivity index (χ0n) is 18.5. The third kappa shape index (κ3) is 8.80. The number of ether oxygens (including phenoxy) is 2. The maximum atomic E-state index is 12.5. The van der Waals surface area contributed by atoms with Crippen molar-refractivity contribution in [2.24, 2.45) is 0 Å². The van der Waals surface area contributed by atoms with Gasteiger partial charge < -0.3 is 19.3 Å². The van der Waals surface area contributed by atoms with Crippen molar-refractivity contribution in [1.29, 1.82) is 0 Å². The fraction of sp³-hybridized carbons (Fsp3) is 0.636. The van der Waals surface area contributed by atoms with Crippen LogP contribution >= 0.6 is 0 Å². The first-order chi connectivity index (χ1) is 14.3. The van der Waals surface area contributed by atoms with Crippen LogP contribution in [0.25, 0.3) is 0 Å². The molecule has 168 valence electrons. The molecule has 0 unspecified atom stereocenters. The lowest BCUT2D eigenvalue weighted by Gasteiger charge is -2.43. The molecule has 1 aliphatic rings. The van der Waals surface area contributed by atoms with Crippen LogP contribution in [0.4, 0.5) is 0 Å². The highest BCUT2D eigenvalue weighted by atomic mass is 16.5. The largest absolute Gasteiger partial charge is 0.463 e. The Morgan fingerprint density at radius 2 is 1.10 bits per heavy atom. The van der Waals surface area contributed by atoms with E-state index in [0.717, 1.165) is 37.8 Å². The van der Waals surface area contributed by atoms with E-state index in [1.54, 1.807) is 9.80 Å². The van der Waals surface area contributed by atoms with Crippen LogP contribution in [0, 0.1) is 0 Å². The van der Waals surface area contributed by atoms with Crippen LogP contribution in [0.5, 0.6) is 0 Å². The van der Waals surface area contributed by atoms with Crippen molar-refractivity contribution in [1.82, 2.24) is 9.80 Å². The van der Waals surface area contributed by atoms with Gasteiger partial charge in [0.2, 0.25) is 11.8 Å². The summed E-state index contributed by atoms with van der Waals surface area (Å²) >= 11 is 0. The molecule has 2 atom stereocenters. The third-order valence-corrected chi connectivity index (χ3v) is 4.76. The van der Waals surface area contributed by atoms with E-state index in [0.29, 0.717) is 26.3 Å². The summed E-state index contributed by atoms with van der Waals surface area (Å²) in [5.74, 6) is -1.68. The summed E-state index contributed by atoms with van der Waals surface area (Å²) < 4.78 is 10.00. The summed E-state index contributed by atoms with van der Waals surface area (Å²) in [6.07, 6.45) is 8.10. The molecular formula is C22H34N2O6. The van der Waals surface area contributed by atoms with Gasteiger partial charge in [0, 0.05) is 49.5 Å². The van der Waals surface area contributed by atoms with E-state index in [2.05, 4.69) is 0 Å². The molecular weight excluding hydrogens is 388 g/mol. The number of carbonyl (C=O) groups excluding carboxylic acids is 4. The van der Waals surface area contributed by atoms with Gasteiger partial charge in [-0.25, -0.2) is 9.59 Å². The fourth-order valence-corrected chi connectivity index (χ4v) is 2.94. The van der Waals surface area contributed by atoms with E-state index >= 15 is 0 Å². The van der Waals surface area contributed by atoms with E-state index < -0.39 is 11.9 Å². The number of piperazine rings is 1. The van der Waals surface area contributed by atoms with Crippen molar-refractivity contribution in [2.45, 2.75) is 65.5 Å². The van der Waals surface area contributed by atoms with Crippen LogP contribution in [0.3, 0.4) is 0 Å². The molecule has 0 radical (unpaired) electrons. The number of unbranched alkanes of at least 4 members (excludes halogenated alkanes) is 2. The van der Waals surface area contributed by atoms with Crippen molar-refractivity contribution in [3.05, 3.63) is 24.3 Å². The molecule has 0 aromatic heterocycles. The van der Waals surface area contributed by atoms with Crippen molar-refractivity contribution in [2.75, 3.05) is 26.3 Å². The summed E-state index contributed by atoms with van der Waals surface area (Å²) in [5, 5.41) is 0. The molecule has 0 aromatic carbocycles. The standard InChI is InChI=1S/C22H34N2O6/c1-5-7-13-29-21(27)11-9-19(25)23-15-18(4)24(16-17(23)3)20(26)10-12-22(28)30-14-8-6-2/h9-12,17-18H,5-8,13-16H2,1-4H3/b11-9-,12-10+/t17-,18-/m0/s1. The Morgan fingerprint density at radius 3 is 1.43 bits per heavy atom. The molecule has 1 fully saturated rings. The van der Waals surface area contributed by atoms with Crippen LogP contribution in [0.2, 0.25) is 0 Å². The van der Waals surface area contributed by atoms with E-state index in [-0.39, 0.29) is 23.9 Å². The van der Waals surface area contributed by atoms with Crippen LogP contribution in [0.15, 0.2) is 24.3 Å². The van der Waals surface area contributed by atoms with Crippen molar-refractivity contribution < 1.29 is 28.7 Å². The van der Waals surface area contributed by atoms with Crippen molar-refractivity contribution in [3.63, 3.8) is 0 Å². The number of amides is 2. The van der Waals surface area contributed by atoms with Gasteiger partial charge in [0.1, 0.15) is 0 Å². The normalized spacial score (nSPS) is 19.3. The Morgan fingerprint density at radius 1 is 0.733 bits per heavy atom. The topological polar surface area (TPSA) is 93.2 Å². The molecule has 0 N–H and O–H groups in total. The second-order valence-electron chi connectivity index (χ2n) is 7.39. The first kappa shape index (κ1) is 25.4. The van der Waals surface area contributed by atoms with Gasteiger partial charge in [-0.1, -0.05) is 26.7 Å². The quantitative estimate of drug-likeness (QED) is 0.304. The molecule has 8 heteroatoms. The first-order valence-electron chi connectivity index (χ1n) is 10.6. The van der Waals surface area contributed by atoms with E-state index in [1.807, 2.05) is 27.7 Å². The van der Waals surface area contributed by atoms with Gasteiger partial charge in [-0.2, -0.15) is 0 Å². The Balaban J connectivity index is 2.57. The smallest absolute Gasteiger partial charge is 0.330 e. The number of carbonyl (C=O) groups is 4. The first-order valence-corrected chi connectivity index (χ1v) is 10.6. The monoisotopic (exact) mass is 422 g/mol. The van der Waals surface area contributed by atoms with Crippen molar-refractivity contribution in [3.8, 4) is 0 Å². The molecule has 2 amide bonds. The van der Waals surface area contributed by atoms with Crippen LogP contribution in [-0.2, 0) is 28.7 Å². The summed E-state index contributed by atoms with van der Waals surface area (Å²) in [7, 11) is 0. The Hall–Kier alpha value is -2.64. The molecule has 0 aromatic rings. The average molecular weight is 423 g/mol. The van der Waals surface area contributed by atoms with E-state index in [9.17, 15) is 19.2 Å². The molecule has 0 spiro atoms. The molecule has 1 saturated heterocycles. The van der Waals surface area contributed by atoms with Gasteiger partial charge >= 0.3 is 11.9 Å². The highest BCUT2D eigenvalue weighted by Gasteiger charge is 2.33. The molecule has 1 rings (SSSR count). The van der Waals surface area contributed by atoms with Crippen LogP contribution in [0.1, 0.15) is 53.4 Å². The van der Waals surface area contributed by atoms with Gasteiger partial charge in [-0.3, -0.25) is 9.59 Å². The lowest BCUT2D eigenvalue weighted by Crippen LogP contribution is -2.59. The number of rotatable bonds is 10. The predicted octanol–water partition coefficient (Wildman–Crippen LogP) is 2.23. The lowest BCUT2D eigenvalue weighted by molar-refractivity contribution is -0.141. The Kier molecular flexibility index (Phi) is 11.5. The predicted molar refractivity (Wildman–Crippen MR) is 112 cm³/mol. The van der Waals surface area contributed by atoms with Gasteiger partial charge in [0.05, 0.1) is 13.2 Å². The number of hydrogen-bond acceptors (Lipinski definition) is 6. The second-order valence-corrected chi connectivity index (χ2v) is 7.39. The molecule has 0 bridgehead atoms. The molecule has 8 nitrogen and oxygen atoms in total. The highest BCUT2D eigenvalue weighted by Crippen LogP contribution is 2.16. The Bertz CT molecular complexity index is 602. The second kappa shape index (κ2) is 13.6. The minimum Gasteiger partial charge on any atom is -0.463 e. The summed E-state index contributed by atoms with van der Waals surface area (Å²) in [6.45, 7) is 8.99. The molecule has 1 aliphatic heterocycles. The van der Waals surface area contributed by atoms with Gasteiger partial charge in [0.25, 0.3) is 0 Å². The van der Waals surface area contributed by atoms with Gasteiger partial charge in [-0.15, -0.1) is 0 Å². The summed E-state index contributed by atoms with van der Waals surface area (Å²) in [5.41, 5.74) is 0. The van der Waals surface area contributed by atoms with E-state index in [1.165, 1.54) is 12.2 Å².